The van der Waals surface area contributed by atoms with Crippen LogP contribution in [0.5, 0.6) is 0 Å². The first-order valence-corrected chi connectivity index (χ1v) is 6.11. The molecule has 1 amide bonds. The van der Waals surface area contributed by atoms with Gasteiger partial charge in [0, 0.05) is 13.2 Å². The third kappa shape index (κ3) is 6.03. The first-order valence-electron chi connectivity index (χ1n) is 6.11. The molecule has 0 saturated carbocycles. The molecule has 4 heteroatoms. The Hall–Kier alpha value is -0.610. The number of rotatable bonds is 5. The van der Waals surface area contributed by atoms with Crippen LogP contribution in [0.2, 0.25) is 0 Å². The van der Waals surface area contributed by atoms with E-state index in [0.29, 0.717) is 0 Å². The van der Waals surface area contributed by atoms with Gasteiger partial charge < -0.3 is 15.8 Å². The second kappa shape index (κ2) is 5.83. The molecule has 0 bridgehead atoms. The minimum atomic E-state index is -0.490. The third-order valence-electron chi connectivity index (χ3n) is 2.95. The second-order valence-electron chi connectivity index (χ2n) is 6.42. The van der Waals surface area contributed by atoms with Gasteiger partial charge in [0.25, 0.3) is 0 Å². The highest BCUT2D eigenvalue weighted by atomic mass is 16.5. The molecule has 0 fully saturated rings. The zero-order valence-electron chi connectivity index (χ0n) is 12.3. The largest absolute Gasteiger partial charge is 0.379 e. The zero-order valence-corrected chi connectivity index (χ0v) is 12.3. The number of nitrogens with two attached hydrogens (primary N) is 1. The first-order chi connectivity index (χ1) is 7.49. The highest BCUT2D eigenvalue weighted by Gasteiger charge is 2.29. The van der Waals surface area contributed by atoms with Crippen molar-refractivity contribution in [2.24, 2.45) is 11.1 Å². The van der Waals surface area contributed by atoms with Crippen LogP contribution in [0.3, 0.4) is 0 Å². The van der Waals surface area contributed by atoms with Gasteiger partial charge in [0.15, 0.2) is 0 Å². The molecule has 3 N–H and O–H groups in total. The van der Waals surface area contributed by atoms with Crippen LogP contribution in [0.4, 0.5) is 0 Å². The van der Waals surface area contributed by atoms with E-state index in [1.54, 1.807) is 7.11 Å². The van der Waals surface area contributed by atoms with E-state index in [1.165, 1.54) is 0 Å². The van der Waals surface area contributed by atoms with Crippen molar-refractivity contribution >= 4 is 5.91 Å². The number of nitrogens with one attached hydrogen (secondary N) is 1. The summed E-state index contributed by atoms with van der Waals surface area (Å²) in [5.41, 5.74) is 5.44. The molecule has 0 saturated heterocycles. The number of hydrogen-bond donors (Lipinski definition) is 2. The summed E-state index contributed by atoms with van der Waals surface area (Å²) in [5, 5.41) is 2.93. The van der Waals surface area contributed by atoms with Gasteiger partial charge in [-0.05, 0) is 32.6 Å². The quantitative estimate of drug-likeness (QED) is 0.773. The minimum absolute atomic E-state index is 0.0471. The van der Waals surface area contributed by atoms with Crippen molar-refractivity contribution in [3.63, 3.8) is 0 Å². The monoisotopic (exact) mass is 244 g/mol. The molecular formula is C13H28N2O2. The maximum atomic E-state index is 11.9. The van der Waals surface area contributed by atoms with Crippen LogP contribution in [0.1, 0.15) is 48.0 Å². The Morgan fingerprint density at radius 2 is 1.76 bits per heavy atom. The van der Waals surface area contributed by atoms with Crippen LogP contribution < -0.4 is 11.1 Å². The summed E-state index contributed by atoms with van der Waals surface area (Å²) in [5.74, 6) is -0.100. The molecule has 2 atom stereocenters. The van der Waals surface area contributed by atoms with E-state index in [1.807, 2.05) is 41.5 Å². The Balaban J connectivity index is 4.31. The van der Waals surface area contributed by atoms with Crippen molar-refractivity contribution in [2.45, 2.75) is 65.6 Å². The lowest BCUT2D eigenvalue weighted by Crippen LogP contribution is -2.51. The molecule has 0 aromatic heterocycles. The lowest BCUT2D eigenvalue weighted by Gasteiger charge is -2.30. The van der Waals surface area contributed by atoms with Gasteiger partial charge in [-0.1, -0.05) is 20.8 Å². The fraction of sp³-hybridized carbons (Fsp3) is 0.923. The molecule has 0 aliphatic heterocycles. The maximum absolute atomic E-state index is 11.9. The number of carbonyl (C=O) groups excluding carboxylic acids is 1. The number of ether oxygens (including phenoxy) is 1. The molecular weight excluding hydrogens is 216 g/mol. The van der Waals surface area contributed by atoms with Crippen LogP contribution >= 0.6 is 0 Å². The SMILES string of the molecule is COC(C)(C)CC(C)NC(=O)[C@@H](N)C(C)(C)C. The minimum Gasteiger partial charge on any atom is -0.379 e. The Labute approximate surface area is 105 Å². The van der Waals surface area contributed by atoms with E-state index in [4.69, 9.17) is 10.5 Å². The average molecular weight is 244 g/mol. The number of carbonyl (C=O) groups is 1. The van der Waals surface area contributed by atoms with Gasteiger partial charge in [0.1, 0.15) is 0 Å². The summed E-state index contributed by atoms with van der Waals surface area (Å²) in [6, 6.07) is -0.443. The summed E-state index contributed by atoms with van der Waals surface area (Å²) < 4.78 is 5.34. The summed E-state index contributed by atoms with van der Waals surface area (Å²) in [4.78, 5) is 11.9. The maximum Gasteiger partial charge on any atom is 0.237 e. The summed E-state index contributed by atoms with van der Waals surface area (Å²) >= 11 is 0. The molecule has 0 aromatic carbocycles. The van der Waals surface area contributed by atoms with Crippen LogP contribution in [-0.4, -0.2) is 30.7 Å². The summed E-state index contributed by atoms with van der Waals surface area (Å²) in [6.07, 6.45) is 0.756. The normalized spacial score (nSPS) is 16.5. The fourth-order valence-corrected chi connectivity index (χ4v) is 1.60. The molecule has 102 valence electrons. The number of amides is 1. The lowest BCUT2D eigenvalue weighted by molar-refractivity contribution is -0.125. The Morgan fingerprint density at radius 3 is 2.12 bits per heavy atom. The predicted molar refractivity (Wildman–Crippen MR) is 70.7 cm³/mol. The molecule has 0 aromatic rings. The van der Waals surface area contributed by atoms with Crippen molar-refractivity contribution in [3.8, 4) is 0 Å². The smallest absolute Gasteiger partial charge is 0.237 e. The van der Waals surface area contributed by atoms with Crippen LogP contribution in [0.25, 0.3) is 0 Å². The molecule has 17 heavy (non-hydrogen) atoms. The predicted octanol–water partition coefficient (Wildman–Crippen LogP) is 1.68. The fourth-order valence-electron chi connectivity index (χ4n) is 1.60. The van der Waals surface area contributed by atoms with Gasteiger partial charge in [0.05, 0.1) is 11.6 Å². The van der Waals surface area contributed by atoms with E-state index >= 15 is 0 Å². The number of hydrogen-bond acceptors (Lipinski definition) is 3. The third-order valence-corrected chi connectivity index (χ3v) is 2.95. The van der Waals surface area contributed by atoms with Crippen molar-refractivity contribution < 1.29 is 9.53 Å². The van der Waals surface area contributed by atoms with Crippen LogP contribution in [0.15, 0.2) is 0 Å². The topological polar surface area (TPSA) is 64.3 Å². The van der Waals surface area contributed by atoms with E-state index in [9.17, 15) is 4.79 Å². The van der Waals surface area contributed by atoms with Crippen LogP contribution in [0, 0.1) is 5.41 Å². The van der Waals surface area contributed by atoms with Gasteiger partial charge >= 0.3 is 0 Å². The standard InChI is InChI=1S/C13H28N2O2/c1-9(8-13(5,6)17-7)15-11(16)10(14)12(2,3)4/h9-10H,8,14H2,1-7H3,(H,15,16)/t9?,10-/m1/s1. The van der Waals surface area contributed by atoms with Crippen molar-refractivity contribution in [1.82, 2.24) is 5.32 Å². The highest BCUT2D eigenvalue weighted by molar-refractivity contribution is 5.82. The van der Waals surface area contributed by atoms with Crippen LogP contribution in [-0.2, 0) is 9.53 Å². The molecule has 0 heterocycles. The molecule has 1 unspecified atom stereocenters. The summed E-state index contributed by atoms with van der Waals surface area (Å²) in [6.45, 7) is 11.8. The van der Waals surface area contributed by atoms with Gasteiger partial charge in [-0.3, -0.25) is 4.79 Å². The summed E-state index contributed by atoms with van der Waals surface area (Å²) in [7, 11) is 1.68. The van der Waals surface area contributed by atoms with E-state index in [2.05, 4.69) is 5.32 Å². The van der Waals surface area contributed by atoms with Gasteiger partial charge in [-0.2, -0.15) is 0 Å². The Kier molecular flexibility index (Phi) is 5.62. The molecule has 0 rings (SSSR count). The lowest BCUT2D eigenvalue weighted by atomic mass is 9.86. The molecule has 0 aliphatic rings. The van der Waals surface area contributed by atoms with E-state index in [-0.39, 0.29) is 23.0 Å². The van der Waals surface area contributed by atoms with Gasteiger partial charge in [-0.15, -0.1) is 0 Å². The van der Waals surface area contributed by atoms with Gasteiger partial charge in [-0.25, -0.2) is 0 Å². The van der Waals surface area contributed by atoms with Crippen molar-refractivity contribution in [2.75, 3.05) is 7.11 Å². The first kappa shape index (κ1) is 16.4. The average Bonchev–Trinajstić information content (AvgIpc) is 2.14. The highest BCUT2D eigenvalue weighted by Crippen LogP contribution is 2.19. The Bertz CT molecular complexity index is 257. The van der Waals surface area contributed by atoms with Crippen molar-refractivity contribution in [3.05, 3.63) is 0 Å². The number of methoxy groups -OCH3 is 1. The molecule has 4 nitrogen and oxygen atoms in total. The Morgan fingerprint density at radius 1 is 1.29 bits per heavy atom. The van der Waals surface area contributed by atoms with E-state index < -0.39 is 6.04 Å². The molecule has 0 aliphatic carbocycles. The molecule has 0 spiro atoms. The van der Waals surface area contributed by atoms with Crippen molar-refractivity contribution in [1.29, 1.82) is 0 Å². The van der Waals surface area contributed by atoms with E-state index in [0.717, 1.165) is 6.42 Å². The van der Waals surface area contributed by atoms with Gasteiger partial charge in [0.2, 0.25) is 5.91 Å². The molecule has 0 radical (unpaired) electrons. The zero-order chi connectivity index (χ0) is 13.9. The second-order valence-corrected chi connectivity index (χ2v) is 6.42.